The number of nitrogens with zero attached hydrogens (tertiary/aromatic N) is 1. The Morgan fingerprint density at radius 3 is 2.24 bits per heavy atom. The number of amides is 2. The van der Waals surface area contributed by atoms with Crippen LogP contribution in [0, 0.1) is 0 Å². The molecule has 0 fully saturated rings. The summed E-state index contributed by atoms with van der Waals surface area (Å²) in [6.45, 7) is 7.62. The van der Waals surface area contributed by atoms with Gasteiger partial charge in [0.25, 0.3) is 5.91 Å². The van der Waals surface area contributed by atoms with Crippen molar-refractivity contribution in [1.29, 1.82) is 0 Å². The molecule has 4 rings (SSSR count). The molecule has 2 N–H and O–H groups in total. The number of methoxy groups -OCH3 is 1. The van der Waals surface area contributed by atoms with Crippen LogP contribution < -0.4 is 15.5 Å². The van der Waals surface area contributed by atoms with Gasteiger partial charge in [0.15, 0.2) is 0 Å². The maximum atomic E-state index is 13.4. The molecule has 0 spiro atoms. The summed E-state index contributed by atoms with van der Waals surface area (Å²) in [6.07, 6.45) is 0.661. The Hall–Kier alpha value is -4.76. The molecule has 2 amide bonds. The van der Waals surface area contributed by atoms with Gasteiger partial charge >= 0.3 is 11.9 Å². The lowest BCUT2D eigenvalue weighted by Gasteiger charge is -2.26. The molecule has 9 nitrogen and oxygen atoms in total. The molecule has 1 heterocycles. The minimum atomic E-state index is -0.529. The molecule has 0 saturated carbocycles. The summed E-state index contributed by atoms with van der Waals surface area (Å²) >= 11 is 0. The monoisotopic (exact) mass is 569 g/mol. The zero-order chi connectivity index (χ0) is 30.4. The van der Waals surface area contributed by atoms with E-state index in [9.17, 15) is 19.2 Å². The molecule has 218 valence electrons. The van der Waals surface area contributed by atoms with Crippen LogP contribution in [-0.2, 0) is 30.3 Å². The predicted molar refractivity (Wildman–Crippen MR) is 162 cm³/mol. The Balaban J connectivity index is 1.65. The minimum Gasteiger partial charge on any atom is -0.465 e. The standard InChI is InChI=1S/C33H35N3O6/c1-21(37)36(25-14-11-22(12-15-25)17-18-34-20-28(38)42-33(2,3)4)30(23-9-7-6-8-10-23)29-26-16-13-24(32(40)41-5)19-27(26)35-31(29)39/h6-16,19,34H,17-18,20H2,1-5H3,(H,35,39). The molecular formula is C33H35N3O6. The molecular weight excluding hydrogens is 534 g/mol. The average molecular weight is 570 g/mol. The van der Waals surface area contributed by atoms with Crippen LogP contribution in [0.3, 0.4) is 0 Å². The van der Waals surface area contributed by atoms with E-state index in [2.05, 4.69) is 10.6 Å². The highest BCUT2D eigenvalue weighted by Gasteiger charge is 2.33. The molecule has 3 aromatic rings. The van der Waals surface area contributed by atoms with Crippen molar-refractivity contribution >= 4 is 46.4 Å². The third kappa shape index (κ3) is 7.11. The van der Waals surface area contributed by atoms with Crippen molar-refractivity contribution in [2.45, 2.75) is 39.7 Å². The van der Waals surface area contributed by atoms with E-state index in [4.69, 9.17) is 9.47 Å². The van der Waals surface area contributed by atoms with Crippen molar-refractivity contribution in [2.75, 3.05) is 30.4 Å². The summed E-state index contributed by atoms with van der Waals surface area (Å²) in [5, 5.41) is 5.94. The Labute approximate surface area is 245 Å². The summed E-state index contributed by atoms with van der Waals surface area (Å²) < 4.78 is 10.1. The quantitative estimate of drug-likeness (QED) is 0.216. The lowest BCUT2D eigenvalue weighted by atomic mass is 9.97. The fourth-order valence-electron chi connectivity index (χ4n) is 4.71. The summed E-state index contributed by atoms with van der Waals surface area (Å²) in [4.78, 5) is 52.2. The highest BCUT2D eigenvalue weighted by Crippen LogP contribution is 2.40. The van der Waals surface area contributed by atoms with Crippen molar-refractivity contribution in [3.63, 3.8) is 0 Å². The van der Waals surface area contributed by atoms with Gasteiger partial charge in [0.05, 0.1) is 36.2 Å². The number of fused-ring (bicyclic) bond motifs is 1. The first-order valence-corrected chi connectivity index (χ1v) is 13.6. The predicted octanol–water partition coefficient (Wildman–Crippen LogP) is 4.82. The summed E-state index contributed by atoms with van der Waals surface area (Å²) in [5.41, 5.74) is 3.83. The van der Waals surface area contributed by atoms with Crippen LogP contribution in [0.2, 0.25) is 0 Å². The third-order valence-corrected chi connectivity index (χ3v) is 6.48. The molecule has 42 heavy (non-hydrogen) atoms. The first kappa shape index (κ1) is 30.2. The Kier molecular flexibility index (Phi) is 9.22. The number of hydrogen-bond acceptors (Lipinski definition) is 7. The molecule has 0 aliphatic carbocycles. The first-order chi connectivity index (χ1) is 20.0. The molecule has 9 heteroatoms. The van der Waals surface area contributed by atoms with E-state index in [0.717, 1.165) is 5.56 Å². The van der Waals surface area contributed by atoms with E-state index in [1.807, 2.05) is 75.4 Å². The summed E-state index contributed by atoms with van der Waals surface area (Å²) in [5.74, 6) is -1.49. The van der Waals surface area contributed by atoms with Gasteiger partial charge in [0, 0.05) is 18.2 Å². The maximum Gasteiger partial charge on any atom is 0.337 e. The van der Waals surface area contributed by atoms with E-state index in [1.54, 1.807) is 18.2 Å². The zero-order valence-electron chi connectivity index (χ0n) is 24.4. The molecule has 0 saturated heterocycles. The maximum absolute atomic E-state index is 13.4. The number of carbonyl (C=O) groups excluding carboxylic acids is 4. The van der Waals surface area contributed by atoms with Crippen molar-refractivity contribution in [3.8, 4) is 0 Å². The van der Waals surface area contributed by atoms with E-state index in [0.29, 0.717) is 52.3 Å². The van der Waals surface area contributed by atoms with Crippen LogP contribution >= 0.6 is 0 Å². The minimum absolute atomic E-state index is 0.117. The smallest absolute Gasteiger partial charge is 0.337 e. The normalized spacial score (nSPS) is 13.6. The third-order valence-electron chi connectivity index (χ3n) is 6.48. The van der Waals surface area contributed by atoms with Gasteiger partial charge in [-0.1, -0.05) is 48.5 Å². The van der Waals surface area contributed by atoms with Gasteiger partial charge in [0.2, 0.25) is 5.91 Å². The highest BCUT2D eigenvalue weighted by atomic mass is 16.6. The summed E-state index contributed by atoms with van der Waals surface area (Å²) in [6, 6.07) is 21.6. The molecule has 0 radical (unpaired) electrons. The van der Waals surface area contributed by atoms with E-state index >= 15 is 0 Å². The number of anilines is 2. The van der Waals surface area contributed by atoms with E-state index in [1.165, 1.54) is 18.9 Å². The van der Waals surface area contributed by atoms with Gasteiger partial charge in [-0.15, -0.1) is 0 Å². The molecule has 0 bridgehead atoms. The highest BCUT2D eigenvalue weighted by molar-refractivity contribution is 6.39. The van der Waals surface area contributed by atoms with Crippen molar-refractivity contribution in [1.82, 2.24) is 5.32 Å². The number of benzene rings is 3. The van der Waals surface area contributed by atoms with Gasteiger partial charge < -0.3 is 20.1 Å². The topological polar surface area (TPSA) is 114 Å². The van der Waals surface area contributed by atoms with E-state index < -0.39 is 11.6 Å². The van der Waals surface area contributed by atoms with Gasteiger partial charge in [0.1, 0.15) is 5.60 Å². The average Bonchev–Trinajstić information content (AvgIpc) is 3.27. The first-order valence-electron chi connectivity index (χ1n) is 13.6. The van der Waals surface area contributed by atoms with Crippen LogP contribution in [-0.4, -0.2) is 49.6 Å². The molecule has 0 aromatic heterocycles. The second-order valence-corrected chi connectivity index (χ2v) is 10.8. The van der Waals surface area contributed by atoms with Crippen LogP contribution in [0.1, 0.15) is 54.7 Å². The molecule has 1 aliphatic rings. The molecule has 0 unspecified atom stereocenters. The lowest BCUT2D eigenvalue weighted by molar-refractivity contribution is -0.153. The second-order valence-electron chi connectivity index (χ2n) is 10.8. The number of esters is 2. The Morgan fingerprint density at radius 2 is 1.62 bits per heavy atom. The van der Waals surface area contributed by atoms with Gasteiger partial charge in [-0.25, -0.2) is 4.79 Å². The van der Waals surface area contributed by atoms with Crippen molar-refractivity contribution in [3.05, 3.63) is 95.1 Å². The van der Waals surface area contributed by atoms with Crippen LogP contribution in [0.4, 0.5) is 11.4 Å². The largest absolute Gasteiger partial charge is 0.465 e. The van der Waals surface area contributed by atoms with Crippen LogP contribution in [0.25, 0.3) is 11.3 Å². The lowest BCUT2D eigenvalue weighted by Crippen LogP contribution is -2.32. The van der Waals surface area contributed by atoms with E-state index in [-0.39, 0.29) is 24.3 Å². The number of rotatable bonds is 9. The number of nitrogens with one attached hydrogen (secondary N) is 2. The fourth-order valence-corrected chi connectivity index (χ4v) is 4.71. The SMILES string of the molecule is COC(=O)c1ccc2c(c1)NC(=O)C2=C(c1ccccc1)N(C(C)=O)c1ccc(CCNCC(=O)OC(C)(C)C)cc1. The zero-order valence-corrected chi connectivity index (χ0v) is 24.4. The fraction of sp³-hybridized carbons (Fsp3) is 0.273. The number of carbonyl (C=O) groups is 4. The Bertz CT molecular complexity index is 1520. The Morgan fingerprint density at radius 1 is 0.929 bits per heavy atom. The van der Waals surface area contributed by atoms with Gasteiger partial charge in [-0.2, -0.15) is 0 Å². The van der Waals surface area contributed by atoms with Crippen LogP contribution in [0.15, 0.2) is 72.8 Å². The number of ether oxygens (including phenoxy) is 2. The number of hydrogen-bond donors (Lipinski definition) is 2. The molecule has 0 atom stereocenters. The van der Waals surface area contributed by atoms with Crippen molar-refractivity contribution in [2.24, 2.45) is 0 Å². The second kappa shape index (κ2) is 12.8. The van der Waals surface area contributed by atoms with Crippen LogP contribution in [0.5, 0.6) is 0 Å². The van der Waals surface area contributed by atoms with Gasteiger partial charge in [-0.05, 0) is 69.1 Å². The summed E-state index contributed by atoms with van der Waals surface area (Å²) in [7, 11) is 1.30. The van der Waals surface area contributed by atoms with Crippen molar-refractivity contribution < 1.29 is 28.7 Å². The van der Waals surface area contributed by atoms with Gasteiger partial charge in [-0.3, -0.25) is 19.3 Å². The molecule has 3 aromatic carbocycles. The molecule has 1 aliphatic heterocycles.